The average Bonchev–Trinajstić information content (AvgIpc) is 3.55. The lowest BCUT2D eigenvalue weighted by molar-refractivity contribution is 0.669. The van der Waals surface area contributed by atoms with Gasteiger partial charge < -0.3 is 9.32 Å². The highest BCUT2D eigenvalue weighted by atomic mass is 16.3. The van der Waals surface area contributed by atoms with Gasteiger partial charge in [0.15, 0.2) is 0 Å². The summed E-state index contributed by atoms with van der Waals surface area (Å²) in [5.41, 5.74) is 7.59. The number of nitrogens with zero attached hydrogens (tertiary/aromatic N) is 1. The highest BCUT2D eigenvalue weighted by Gasteiger charge is 2.20. The Labute approximate surface area is 277 Å². The van der Waals surface area contributed by atoms with Crippen molar-refractivity contribution in [1.29, 1.82) is 0 Å². The van der Waals surface area contributed by atoms with Crippen LogP contribution in [-0.4, -0.2) is 0 Å². The van der Waals surface area contributed by atoms with Crippen molar-refractivity contribution in [1.82, 2.24) is 0 Å². The first-order valence-corrected chi connectivity index (χ1v) is 16.4. The molecule has 0 amide bonds. The molecule has 0 bridgehead atoms. The molecule has 0 fully saturated rings. The summed E-state index contributed by atoms with van der Waals surface area (Å²) in [4.78, 5) is 2.42. The minimum atomic E-state index is 0.914. The summed E-state index contributed by atoms with van der Waals surface area (Å²) in [7, 11) is 0. The molecule has 10 aromatic rings. The van der Waals surface area contributed by atoms with Gasteiger partial charge in [-0.2, -0.15) is 0 Å². The molecule has 9 aromatic carbocycles. The lowest BCUT2D eigenvalue weighted by atomic mass is 9.94. The van der Waals surface area contributed by atoms with Gasteiger partial charge in [0.25, 0.3) is 0 Å². The minimum absolute atomic E-state index is 0.914. The largest absolute Gasteiger partial charge is 0.456 e. The summed E-state index contributed by atoms with van der Waals surface area (Å²) in [5, 5.41) is 12.2. The maximum Gasteiger partial charge on any atom is 0.136 e. The Balaban J connectivity index is 1.24. The Morgan fingerprint density at radius 3 is 1.81 bits per heavy atom. The predicted molar refractivity (Wildman–Crippen MR) is 204 cm³/mol. The number of furan rings is 1. The first kappa shape index (κ1) is 26.8. The van der Waals surface area contributed by atoms with Gasteiger partial charge in [-0.15, -0.1) is 0 Å². The minimum Gasteiger partial charge on any atom is -0.456 e. The van der Waals surface area contributed by atoms with Crippen LogP contribution in [0.3, 0.4) is 0 Å². The number of rotatable bonds is 4. The van der Waals surface area contributed by atoms with Gasteiger partial charge in [0.05, 0.1) is 5.69 Å². The molecule has 0 unspecified atom stereocenters. The van der Waals surface area contributed by atoms with Gasteiger partial charge in [0.1, 0.15) is 11.2 Å². The van der Waals surface area contributed by atoms with E-state index in [-0.39, 0.29) is 0 Å². The van der Waals surface area contributed by atoms with Gasteiger partial charge in [0.2, 0.25) is 0 Å². The van der Waals surface area contributed by atoms with Crippen molar-refractivity contribution >= 4 is 82.1 Å². The quantitative estimate of drug-likeness (QED) is 0.184. The van der Waals surface area contributed by atoms with Crippen LogP contribution in [0.25, 0.3) is 76.2 Å². The number of fused-ring (bicyclic) bond motifs is 10. The molecule has 48 heavy (non-hydrogen) atoms. The Kier molecular flexibility index (Phi) is 5.91. The topological polar surface area (TPSA) is 16.4 Å². The third kappa shape index (κ3) is 4.13. The van der Waals surface area contributed by atoms with Crippen LogP contribution in [0.4, 0.5) is 17.1 Å². The summed E-state index contributed by atoms with van der Waals surface area (Å²) in [5.74, 6) is 0. The van der Waals surface area contributed by atoms with Crippen LogP contribution < -0.4 is 4.90 Å². The molecule has 2 nitrogen and oxygen atoms in total. The second-order valence-corrected chi connectivity index (χ2v) is 12.5. The molecule has 224 valence electrons. The zero-order valence-corrected chi connectivity index (χ0v) is 26.1. The summed E-state index contributed by atoms with van der Waals surface area (Å²) in [6.07, 6.45) is 0. The van der Waals surface area contributed by atoms with Crippen LogP contribution in [0, 0.1) is 0 Å². The molecule has 0 aliphatic carbocycles. The van der Waals surface area contributed by atoms with Crippen molar-refractivity contribution in [2.45, 2.75) is 0 Å². The highest BCUT2D eigenvalue weighted by Crippen LogP contribution is 2.45. The third-order valence-electron chi connectivity index (χ3n) is 9.80. The van der Waals surface area contributed by atoms with Gasteiger partial charge in [-0.25, -0.2) is 0 Å². The van der Waals surface area contributed by atoms with Crippen molar-refractivity contribution in [3.63, 3.8) is 0 Å². The molecule has 1 heterocycles. The monoisotopic (exact) mass is 611 g/mol. The van der Waals surface area contributed by atoms with Gasteiger partial charge in [0, 0.05) is 27.5 Å². The maximum absolute atomic E-state index is 6.23. The van der Waals surface area contributed by atoms with Crippen molar-refractivity contribution in [2.24, 2.45) is 0 Å². The normalized spacial score (nSPS) is 11.8. The zero-order valence-electron chi connectivity index (χ0n) is 26.1. The Morgan fingerprint density at radius 2 is 0.958 bits per heavy atom. The van der Waals surface area contributed by atoms with Crippen molar-refractivity contribution < 1.29 is 4.42 Å². The van der Waals surface area contributed by atoms with E-state index in [4.69, 9.17) is 4.42 Å². The Bertz CT molecular complexity index is 2830. The van der Waals surface area contributed by atoms with Crippen LogP contribution in [-0.2, 0) is 0 Å². The van der Waals surface area contributed by atoms with Crippen LogP contribution in [0.5, 0.6) is 0 Å². The maximum atomic E-state index is 6.23. The number of hydrogen-bond donors (Lipinski definition) is 0. The number of benzene rings is 9. The molecular formula is C46H29NO. The van der Waals surface area contributed by atoms with E-state index in [0.717, 1.165) is 39.0 Å². The summed E-state index contributed by atoms with van der Waals surface area (Å²) >= 11 is 0. The first-order chi connectivity index (χ1) is 23.8. The second-order valence-electron chi connectivity index (χ2n) is 12.5. The van der Waals surface area contributed by atoms with E-state index >= 15 is 0 Å². The van der Waals surface area contributed by atoms with Gasteiger partial charge in [-0.05, 0) is 91.3 Å². The zero-order chi connectivity index (χ0) is 31.6. The van der Waals surface area contributed by atoms with E-state index in [9.17, 15) is 0 Å². The molecule has 0 saturated heterocycles. The molecule has 0 N–H and O–H groups in total. The fraction of sp³-hybridized carbons (Fsp3) is 0. The summed E-state index contributed by atoms with van der Waals surface area (Å²) in [6.45, 7) is 0. The summed E-state index contributed by atoms with van der Waals surface area (Å²) < 4.78 is 6.23. The number of anilines is 3. The molecule has 2 heteroatoms. The molecule has 1 aromatic heterocycles. The van der Waals surface area contributed by atoms with Crippen LogP contribution in [0.15, 0.2) is 180 Å². The first-order valence-electron chi connectivity index (χ1n) is 16.4. The van der Waals surface area contributed by atoms with Crippen molar-refractivity contribution in [2.75, 3.05) is 4.90 Å². The van der Waals surface area contributed by atoms with Crippen LogP contribution in [0.1, 0.15) is 0 Å². The fourth-order valence-electron chi connectivity index (χ4n) is 7.58. The molecule has 0 aliphatic heterocycles. The number of hydrogen-bond acceptors (Lipinski definition) is 2. The highest BCUT2D eigenvalue weighted by molar-refractivity contribution is 6.24. The van der Waals surface area contributed by atoms with E-state index < -0.39 is 0 Å². The van der Waals surface area contributed by atoms with E-state index in [1.54, 1.807) is 0 Å². The molecule has 0 aliphatic rings. The lowest BCUT2D eigenvalue weighted by Crippen LogP contribution is -2.10. The molecule has 0 saturated carbocycles. The van der Waals surface area contributed by atoms with Crippen molar-refractivity contribution in [3.05, 3.63) is 176 Å². The second kappa shape index (κ2) is 10.6. The van der Waals surface area contributed by atoms with Crippen LogP contribution in [0.2, 0.25) is 0 Å². The van der Waals surface area contributed by atoms with E-state index in [1.807, 2.05) is 12.1 Å². The van der Waals surface area contributed by atoms with E-state index in [2.05, 4.69) is 169 Å². The molecule has 10 rings (SSSR count). The fourth-order valence-corrected chi connectivity index (χ4v) is 7.58. The van der Waals surface area contributed by atoms with Gasteiger partial charge in [-0.1, -0.05) is 133 Å². The standard InChI is InChI=1S/C46H29NO/c1-2-10-30(11-3-1)31-20-23-35(24-21-31)47(36-25-26-38-33(28-36)22-27-44-46(38)41-16-8-9-17-43(41)48-44)42-29-34-19-18-32-12-4-5-13-37(32)45(34)40-15-7-6-14-39(40)42/h1-29H. The molecular weight excluding hydrogens is 583 g/mol. The van der Waals surface area contributed by atoms with Crippen LogP contribution >= 0.6 is 0 Å². The molecule has 0 spiro atoms. The Hall–Kier alpha value is -6.38. The van der Waals surface area contributed by atoms with Crippen molar-refractivity contribution in [3.8, 4) is 11.1 Å². The number of para-hydroxylation sites is 1. The molecule has 0 atom stereocenters. The predicted octanol–water partition coefficient (Wildman–Crippen LogP) is 13.3. The third-order valence-corrected chi connectivity index (χ3v) is 9.80. The molecule has 0 radical (unpaired) electrons. The smallest absolute Gasteiger partial charge is 0.136 e. The van der Waals surface area contributed by atoms with E-state index in [0.29, 0.717) is 0 Å². The summed E-state index contributed by atoms with van der Waals surface area (Å²) in [6, 6.07) is 63.4. The average molecular weight is 612 g/mol. The Morgan fingerprint density at radius 1 is 0.333 bits per heavy atom. The van der Waals surface area contributed by atoms with Gasteiger partial charge >= 0.3 is 0 Å². The lowest BCUT2D eigenvalue weighted by Gasteiger charge is -2.28. The van der Waals surface area contributed by atoms with E-state index in [1.165, 1.54) is 54.2 Å². The SMILES string of the molecule is c1ccc(-c2ccc(N(c3ccc4c(ccc5oc6ccccc6c54)c3)c3cc4ccc5ccccc5c4c4ccccc34)cc2)cc1. The van der Waals surface area contributed by atoms with Gasteiger partial charge in [-0.3, -0.25) is 0 Å².